The van der Waals surface area contributed by atoms with Gasteiger partial charge in [-0.05, 0) is 44.9 Å². The predicted molar refractivity (Wildman–Crippen MR) is 202 cm³/mol. The SMILES string of the molecule is CC(C)CC(NC(=O)C(NC(=O)C(Cc1cnc[nH]1)NC(=O)C(NC(=O)C(N)Cc1cnc[nH]1)C(C)C)C(C)O)C(=O)N1CCCC1C(=O)NC(C(=O)O)C(C)O. The van der Waals surface area contributed by atoms with Gasteiger partial charge in [0, 0.05) is 43.2 Å². The molecule has 2 aromatic heterocycles. The number of carboxylic acid groups (broad SMARTS) is 1. The van der Waals surface area contributed by atoms with Gasteiger partial charge in [0.05, 0.1) is 30.9 Å². The Morgan fingerprint density at radius 3 is 1.81 bits per heavy atom. The summed E-state index contributed by atoms with van der Waals surface area (Å²) in [5, 5.41) is 42.7. The van der Waals surface area contributed by atoms with Crippen LogP contribution in [0.3, 0.4) is 0 Å². The highest BCUT2D eigenvalue weighted by atomic mass is 16.4. The number of amides is 6. The van der Waals surface area contributed by atoms with Crippen molar-refractivity contribution in [2.75, 3.05) is 6.54 Å². The van der Waals surface area contributed by atoms with E-state index in [-0.39, 0.29) is 38.1 Å². The van der Waals surface area contributed by atoms with Crippen LogP contribution in [-0.4, -0.2) is 143 Å². The van der Waals surface area contributed by atoms with Crippen LogP contribution in [0.15, 0.2) is 25.0 Å². The summed E-state index contributed by atoms with van der Waals surface area (Å²) in [6, 6.07) is -9.01. The summed E-state index contributed by atoms with van der Waals surface area (Å²) >= 11 is 0. The molecule has 1 saturated heterocycles. The highest BCUT2D eigenvalue weighted by Gasteiger charge is 2.41. The number of carbonyl (C=O) groups is 7. The zero-order valence-electron chi connectivity index (χ0n) is 33.0. The molecular formula is C36H57N11O10. The van der Waals surface area contributed by atoms with Crippen molar-refractivity contribution in [2.45, 2.75) is 128 Å². The molecule has 6 amide bonds. The van der Waals surface area contributed by atoms with Crippen LogP contribution in [-0.2, 0) is 46.4 Å². The first kappa shape index (κ1) is 46.0. The van der Waals surface area contributed by atoms with Crippen molar-refractivity contribution in [1.82, 2.24) is 51.4 Å². The number of aromatic nitrogens is 4. The molecule has 1 aliphatic heterocycles. The van der Waals surface area contributed by atoms with Crippen LogP contribution < -0.4 is 32.3 Å². The number of nitrogens with one attached hydrogen (secondary N) is 7. The molecule has 2 aromatic rings. The molecule has 3 heterocycles. The van der Waals surface area contributed by atoms with Crippen molar-refractivity contribution in [3.63, 3.8) is 0 Å². The molecule has 0 aliphatic carbocycles. The summed E-state index contributed by atoms with van der Waals surface area (Å²) in [7, 11) is 0. The number of aliphatic hydroxyl groups excluding tert-OH is 2. The summed E-state index contributed by atoms with van der Waals surface area (Å²) in [5.41, 5.74) is 7.14. The third kappa shape index (κ3) is 13.3. The number of H-pyrrole nitrogens is 2. The van der Waals surface area contributed by atoms with Gasteiger partial charge in [0.25, 0.3) is 0 Å². The van der Waals surface area contributed by atoms with Crippen molar-refractivity contribution in [3.8, 4) is 0 Å². The number of nitrogens with zero attached hydrogens (tertiary/aromatic N) is 3. The average molecular weight is 804 g/mol. The van der Waals surface area contributed by atoms with E-state index in [0.29, 0.717) is 17.8 Å². The Morgan fingerprint density at radius 2 is 1.30 bits per heavy atom. The maximum atomic E-state index is 13.9. The fraction of sp³-hybridized carbons (Fsp3) is 0.639. The number of aliphatic hydroxyl groups is 2. The molecular weight excluding hydrogens is 746 g/mol. The standard InChI is InChI=1S/C36H57N11O10/c1-17(2)10-25(35(55)47-9-7-8-26(47)32(52)46-29(20(6)49)36(56)57)43-34(54)28(19(5)48)45-31(51)24(12-22-14-39-16-41-22)42-33(53)27(18(3)4)44-30(50)23(37)11-21-13-38-15-40-21/h13-20,23-29,48-49H,7-12,37H2,1-6H3,(H,38,40)(H,39,41)(H,42,53)(H,43,54)(H,44,50)(H,45,51)(H,46,52)(H,56,57). The van der Waals surface area contributed by atoms with E-state index in [1.54, 1.807) is 27.7 Å². The lowest BCUT2D eigenvalue weighted by atomic mass is 10.00. The highest BCUT2D eigenvalue weighted by Crippen LogP contribution is 2.21. The Hall–Kier alpha value is -5.41. The first-order valence-electron chi connectivity index (χ1n) is 18.9. The van der Waals surface area contributed by atoms with Crippen molar-refractivity contribution >= 4 is 41.4 Å². The largest absolute Gasteiger partial charge is 0.480 e. The topological polar surface area (TPSA) is 327 Å². The van der Waals surface area contributed by atoms with Crippen molar-refractivity contribution in [2.24, 2.45) is 17.6 Å². The van der Waals surface area contributed by atoms with Crippen LogP contribution in [0.4, 0.5) is 0 Å². The van der Waals surface area contributed by atoms with E-state index in [1.807, 2.05) is 0 Å². The second-order valence-electron chi connectivity index (χ2n) is 15.1. The van der Waals surface area contributed by atoms with Gasteiger partial charge >= 0.3 is 5.97 Å². The Bertz CT molecular complexity index is 1670. The van der Waals surface area contributed by atoms with Gasteiger partial charge in [0.15, 0.2) is 6.04 Å². The third-order valence-corrected chi connectivity index (χ3v) is 9.46. The monoisotopic (exact) mass is 803 g/mol. The summed E-state index contributed by atoms with van der Waals surface area (Å²) in [4.78, 5) is 108. The van der Waals surface area contributed by atoms with Crippen molar-refractivity contribution in [3.05, 3.63) is 36.4 Å². The van der Waals surface area contributed by atoms with Gasteiger partial charge in [-0.1, -0.05) is 27.7 Å². The van der Waals surface area contributed by atoms with Gasteiger partial charge in [0.1, 0.15) is 30.2 Å². The van der Waals surface area contributed by atoms with E-state index in [2.05, 4.69) is 46.5 Å². The van der Waals surface area contributed by atoms with Crippen LogP contribution in [0, 0.1) is 11.8 Å². The molecule has 3 rings (SSSR count). The number of hydrogen-bond acceptors (Lipinski definition) is 12. The number of aromatic amines is 2. The summed E-state index contributed by atoms with van der Waals surface area (Å²) in [6.45, 7) is 9.58. The van der Waals surface area contributed by atoms with Crippen LogP contribution in [0.25, 0.3) is 0 Å². The van der Waals surface area contributed by atoms with Crippen LogP contribution in [0.1, 0.15) is 72.2 Å². The predicted octanol–water partition coefficient (Wildman–Crippen LogP) is -2.79. The normalized spacial score (nSPS) is 18.4. The van der Waals surface area contributed by atoms with Gasteiger partial charge in [-0.15, -0.1) is 0 Å². The fourth-order valence-corrected chi connectivity index (χ4v) is 6.36. The highest BCUT2D eigenvalue weighted by molar-refractivity contribution is 5.97. The molecule has 316 valence electrons. The Kier molecular flexibility index (Phi) is 17.1. The molecule has 0 bridgehead atoms. The minimum atomic E-state index is -1.62. The number of rotatable bonds is 21. The lowest BCUT2D eigenvalue weighted by Crippen LogP contribution is -2.62. The molecule has 12 N–H and O–H groups in total. The van der Waals surface area contributed by atoms with E-state index in [4.69, 9.17) is 5.73 Å². The van der Waals surface area contributed by atoms with E-state index in [1.165, 1.54) is 43.8 Å². The maximum Gasteiger partial charge on any atom is 0.328 e. The van der Waals surface area contributed by atoms with Crippen LogP contribution >= 0.6 is 0 Å². The summed E-state index contributed by atoms with van der Waals surface area (Å²) in [6.07, 6.45) is 3.58. The van der Waals surface area contributed by atoms with Crippen LogP contribution in [0.5, 0.6) is 0 Å². The quantitative estimate of drug-likeness (QED) is 0.0609. The number of imidazole rings is 2. The Labute approximate surface area is 330 Å². The van der Waals surface area contributed by atoms with Gasteiger partial charge in [0.2, 0.25) is 35.4 Å². The molecule has 21 nitrogen and oxygen atoms in total. The number of hydrogen-bond donors (Lipinski definition) is 11. The zero-order chi connectivity index (χ0) is 42.6. The molecule has 21 heteroatoms. The Balaban J connectivity index is 1.78. The number of likely N-dealkylation sites (tertiary alicyclic amines) is 1. The van der Waals surface area contributed by atoms with Crippen molar-refractivity contribution < 1.29 is 48.9 Å². The lowest BCUT2D eigenvalue weighted by molar-refractivity contribution is -0.147. The second-order valence-corrected chi connectivity index (χ2v) is 15.1. The fourth-order valence-electron chi connectivity index (χ4n) is 6.36. The van der Waals surface area contributed by atoms with Gasteiger partial charge in [-0.25, -0.2) is 14.8 Å². The maximum absolute atomic E-state index is 13.9. The molecule has 0 aromatic carbocycles. The summed E-state index contributed by atoms with van der Waals surface area (Å²) in [5.74, 6) is -6.61. The molecule has 1 fully saturated rings. The van der Waals surface area contributed by atoms with Gasteiger partial charge < -0.3 is 62.5 Å². The van der Waals surface area contributed by atoms with E-state index < -0.39 is 102 Å². The molecule has 9 unspecified atom stereocenters. The van der Waals surface area contributed by atoms with E-state index in [9.17, 15) is 48.9 Å². The number of carboxylic acids is 1. The zero-order valence-corrected chi connectivity index (χ0v) is 33.0. The molecule has 0 saturated carbocycles. The molecule has 0 spiro atoms. The third-order valence-electron chi connectivity index (χ3n) is 9.46. The van der Waals surface area contributed by atoms with E-state index in [0.717, 1.165) is 0 Å². The van der Waals surface area contributed by atoms with E-state index >= 15 is 0 Å². The molecule has 57 heavy (non-hydrogen) atoms. The summed E-state index contributed by atoms with van der Waals surface area (Å²) < 4.78 is 0. The number of aliphatic carboxylic acids is 1. The second kappa shape index (κ2) is 21.2. The molecule has 1 aliphatic rings. The number of carbonyl (C=O) groups excluding carboxylic acids is 6. The first-order chi connectivity index (χ1) is 26.8. The van der Waals surface area contributed by atoms with Crippen LogP contribution in [0.2, 0.25) is 0 Å². The lowest BCUT2D eigenvalue weighted by Gasteiger charge is -2.32. The molecule has 0 radical (unpaired) electrons. The smallest absolute Gasteiger partial charge is 0.328 e. The minimum Gasteiger partial charge on any atom is -0.480 e. The Morgan fingerprint density at radius 1 is 0.754 bits per heavy atom. The van der Waals surface area contributed by atoms with Gasteiger partial charge in [-0.3, -0.25) is 28.8 Å². The molecule has 9 atom stereocenters. The number of nitrogens with two attached hydrogens (primary N) is 1. The van der Waals surface area contributed by atoms with Crippen molar-refractivity contribution in [1.29, 1.82) is 0 Å². The minimum absolute atomic E-state index is 0.105. The van der Waals surface area contributed by atoms with Gasteiger partial charge in [-0.2, -0.15) is 0 Å². The first-order valence-corrected chi connectivity index (χ1v) is 18.9. The average Bonchev–Trinajstić information content (AvgIpc) is 3.94.